The number of benzene rings is 1. The number of amides is 1. The van der Waals surface area contributed by atoms with Gasteiger partial charge in [0.1, 0.15) is 12.0 Å². The van der Waals surface area contributed by atoms with Crippen molar-refractivity contribution in [1.82, 2.24) is 15.0 Å². The third kappa shape index (κ3) is 6.95. The molecule has 3 heterocycles. The zero-order chi connectivity index (χ0) is 24.8. The maximum absolute atomic E-state index is 13.2. The van der Waals surface area contributed by atoms with Crippen LogP contribution in [-0.4, -0.2) is 69.2 Å². The first-order valence-electron chi connectivity index (χ1n) is 11.4. The molecule has 2 aliphatic rings. The number of nitrogens with one attached hydrogen (secondary N) is 3. The van der Waals surface area contributed by atoms with Crippen LogP contribution < -0.4 is 15.4 Å². The monoisotopic (exact) mass is 508 g/mol. The molecule has 10 nitrogen and oxygen atoms in total. The van der Waals surface area contributed by atoms with Crippen LogP contribution in [0, 0.1) is 11.7 Å². The van der Waals surface area contributed by atoms with Gasteiger partial charge in [0.15, 0.2) is 5.03 Å². The number of aliphatic hydroxyl groups excluding tert-OH is 1. The van der Waals surface area contributed by atoms with Crippen molar-refractivity contribution in [2.45, 2.75) is 42.6 Å². The SMILES string of the molecule is O=C(N[C@@H](CC1CCOCC1)C(O)Nc1ccc(S(=O)(=O)NC2COC2)nc1)c1ccc(F)cc1. The number of halogens is 1. The van der Waals surface area contributed by atoms with Crippen LogP contribution in [0.1, 0.15) is 29.6 Å². The third-order valence-electron chi connectivity index (χ3n) is 6.02. The summed E-state index contributed by atoms with van der Waals surface area (Å²) in [6, 6.07) is 7.05. The van der Waals surface area contributed by atoms with Gasteiger partial charge in [-0.2, -0.15) is 0 Å². The van der Waals surface area contributed by atoms with E-state index in [1.165, 1.54) is 42.6 Å². The second kappa shape index (κ2) is 11.4. The highest BCUT2D eigenvalue weighted by Crippen LogP contribution is 2.23. The molecule has 4 rings (SSSR count). The fraction of sp³-hybridized carbons (Fsp3) is 0.478. The van der Waals surface area contributed by atoms with Crippen LogP contribution in [0.3, 0.4) is 0 Å². The summed E-state index contributed by atoms with van der Waals surface area (Å²) in [5, 5.41) is 16.5. The van der Waals surface area contributed by atoms with Gasteiger partial charge in [0.25, 0.3) is 15.9 Å². The van der Waals surface area contributed by atoms with Crippen molar-refractivity contribution in [2.75, 3.05) is 31.7 Å². The van der Waals surface area contributed by atoms with Crippen LogP contribution in [0.2, 0.25) is 0 Å². The second-order valence-corrected chi connectivity index (χ2v) is 10.4. The topological polar surface area (TPSA) is 139 Å². The molecule has 2 fully saturated rings. The summed E-state index contributed by atoms with van der Waals surface area (Å²) in [5.41, 5.74) is 0.660. The molecular weight excluding hydrogens is 479 g/mol. The lowest BCUT2D eigenvalue weighted by Gasteiger charge is -2.31. The number of hydrogen-bond donors (Lipinski definition) is 4. The minimum atomic E-state index is -3.78. The number of rotatable bonds is 10. The summed E-state index contributed by atoms with van der Waals surface area (Å²) in [6.07, 6.45) is 2.24. The molecule has 1 aromatic carbocycles. The van der Waals surface area contributed by atoms with Crippen LogP contribution >= 0.6 is 0 Å². The van der Waals surface area contributed by atoms with Crippen LogP contribution in [-0.2, 0) is 19.5 Å². The molecule has 2 aromatic rings. The first kappa shape index (κ1) is 25.5. The lowest BCUT2D eigenvalue weighted by atomic mass is 9.91. The first-order chi connectivity index (χ1) is 16.8. The van der Waals surface area contributed by atoms with E-state index in [4.69, 9.17) is 9.47 Å². The number of anilines is 1. The van der Waals surface area contributed by atoms with Gasteiger partial charge in [-0.15, -0.1) is 0 Å². The Balaban J connectivity index is 1.42. The van der Waals surface area contributed by atoms with E-state index in [-0.39, 0.29) is 22.5 Å². The maximum Gasteiger partial charge on any atom is 0.258 e. The molecule has 1 amide bonds. The molecular formula is C23H29FN4O6S. The number of hydrogen-bond acceptors (Lipinski definition) is 8. The normalized spacial score (nSPS) is 18.9. The van der Waals surface area contributed by atoms with Gasteiger partial charge < -0.3 is 25.2 Å². The van der Waals surface area contributed by atoms with Crippen LogP contribution in [0.15, 0.2) is 47.6 Å². The minimum Gasteiger partial charge on any atom is -0.381 e. The smallest absolute Gasteiger partial charge is 0.258 e. The van der Waals surface area contributed by atoms with Crippen molar-refractivity contribution in [3.63, 3.8) is 0 Å². The Bertz CT molecular complexity index is 1090. The van der Waals surface area contributed by atoms with Crippen molar-refractivity contribution in [3.05, 3.63) is 54.0 Å². The van der Waals surface area contributed by atoms with Gasteiger partial charge in [-0.25, -0.2) is 22.5 Å². The molecule has 2 aliphatic heterocycles. The van der Waals surface area contributed by atoms with E-state index < -0.39 is 34.0 Å². The lowest BCUT2D eigenvalue weighted by Crippen LogP contribution is -2.48. The van der Waals surface area contributed by atoms with Crippen molar-refractivity contribution in [2.24, 2.45) is 5.92 Å². The summed E-state index contributed by atoms with van der Waals surface area (Å²) >= 11 is 0. The molecule has 1 aromatic heterocycles. The predicted molar refractivity (Wildman–Crippen MR) is 125 cm³/mol. The van der Waals surface area contributed by atoms with Gasteiger partial charge >= 0.3 is 0 Å². The van der Waals surface area contributed by atoms with Crippen LogP contribution in [0.4, 0.5) is 10.1 Å². The summed E-state index contributed by atoms with van der Waals surface area (Å²) < 4.78 is 50.9. The molecule has 0 saturated carbocycles. The highest BCUT2D eigenvalue weighted by Gasteiger charge is 2.28. The zero-order valence-electron chi connectivity index (χ0n) is 19.0. The average molecular weight is 509 g/mol. The van der Waals surface area contributed by atoms with E-state index in [1.807, 2.05) is 0 Å². The Morgan fingerprint density at radius 3 is 2.43 bits per heavy atom. The predicted octanol–water partition coefficient (Wildman–Crippen LogP) is 1.24. The average Bonchev–Trinajstić information content (AvgIpc) is 2.82. The maximum atomic E-state index is 13.2. The van der Waals surface area contributed by atoms with E-state index in [0.29, 0.717) is 38.5 Å². The van der Waals surface area contributed by atoms with Crippen molar-refractivity contribution in [1.29, 1.82) is 0 Å². The number of carbonyl (C=O) groups is 1. The van der Waals surface area contributed by atoms with E-state index >= 15 is 0 Å². The van der Waals surface area contributed by atoms with E-state index in [9.17, 15) is 22.7 Å². The molecule has 4 N–H and O–H groups in total. The summed E-state index contributed by atoms with van der Waals surface area (Å²) in [4.78, 5) is 16.7. The minimum absolute atomic E-state index is 0.146. The number of carbonyl (C=O) groups excluding carboxylic acids is 1. The molecule has 0 aliphatic carbocycles. The highest BCUT2D eigenvalue weighted by atomic mass is 32.2. The van der Waals surface area contributed by atoms with Gasteiger partial charge in [0.05, 0.1) is 37.2 Å². The van der Waals surface area contributed by atoms with Gasteiger partial charge in [0, 0.05) is 18.8 Å². The fourth-order valence-corrected chi connectivity index (χ4v) is 5.07. The molecule has 0 radical (unpaired) electrons. The second-order valence-electron chi connectivity index (χ2n) is 8.71. The van der Waals surface area contributed by atoms with Crippen molar-refractivity contribution < 1.29 is 32.2 Å². The molecule has 35 heavy (non-hydrogen) atoms. The van der Waals surface area contributed by atoms with E-state index in [2.05, 4.69) is 20.3 Å². The highest BCUT2D eigenvalue weighted by molar-refractivity contribution is 7.89. The Morgan fingerprint density at radius 2 is 1.83 bits per heavy atom. The Kier molecular flexibility index (Phi) is 8.29. The molecule has 0 bridgehead atoms. The van der Waals surface area contributed by atoms with E-state index in [0.717, 1.165) is 12.8 Å². The largest absolute Gasteiger partial charge is 0.381 e. The molecule has 0 spiro atoms. The summed E-state index contributed by atoms with van der Waals surface area (Å²) in [5.74, 6) is -0.643. The fourth-order valence-electron chi connectivity index (χ4n) is 3.94. The van der Waals surface area contributed by atoms with Gasteiger partial charge in [-0.3, -0.25) is 4.79 Å². The summed E-state index contributed by atoms with van der Waals surface area (Å²) in [6.45, 7) is 1.88. The molecule has 2 atom stereocenters. The Labute approximate surface area is 203 Å². The number of pyridine rings is 1. The molecule has 12 heteroatoms. The lowest BCUT2D eigenvalue weighted by molar-refractivity contribution is 0.00479. The van der Waals surface area contributed by atoms with Gasteiger partial charge in [0.2, 0.25) is 0 Å². The molecule has 1 unspecified atom stereocenters. The quantitative estimate of drug-likeness (QED) is 0.352. The number of aliphatic hydroxyl groups is 1. The van der Waals surface area contributed by atoms with Crippen LogP contribution in [0.5, 0.6) is 0 Å². The standard InChI is InChI=1S/C23H29FN4O6S/c24-17-3-1-16(2-4-17)22(29)27-20(11-15-7-9-33-10-8-15)23(30)26-18-5-6-21(25-12-18)35(31,32)28-19-13-34-14-19/h1-6,12,15,19-20,23,26,28,30H,7-11,13-14H2,(H,27,29)/t20-,23?/m0/s1. The van der Waals surface area contributed by atoms with Gasteiger partial charge in [-0.1, -0.05) is 0 Å². The third-order valence-corrected chi connectivity index (χ3v) is 7.45. The van der Waals surface area contributed by atoms with Crippen molar-refractivity contribution >= 4 is 21.6 Å². The number of ether oxygens (including phenoxy) is 2. The molecule has 2 saturated heterocycles. The first-order valence-corrected chi connectivity index (χ1v) is 12.9. The van der Waals surface area contributed by atoms with Crippen molar-refractivity contribution in [3.8, 4) is 0 Å². The van der Waals surface area contributed by atoms with Gasteiger partial charge in [-0.05, 0) is 61.6 Å². The Morgan fingerprint density at radius 1 is 1.11 bits per heavy atom. The zero-order valence-corrected chi connectivity index (χ0v) is 19.8. The Hall–Kier alpha value is -2.64. The van der Waals surface area contributed by atoms with Crippen LogP contribution in [0.25, 0.3) is 0 Å². The summed E-state index contributed by atoms with van der Waals surface area (Å²) in [7, 11) is -3.78. The number of nitrogens with zero attached hydrogens (tertiary/aromatic N) is 1. The number of sulfonamides is 1. The van der Waals surface area contributed by atoms with E-state index in [1.54, 1.807) is 0 Å². The molecule has 190 valence electrons. The number of aromatic nitrogens is 1.